The van der Waals surface area contributed by atoms with Crippen LogP contribution < -0.4 is 0 Å². The molecule has 5 heteroatoms. The molecule has 2 atom stereocenters. The second-order valence-electron chi connectivity index (χ2n) is 7.32. The molecular weight excluding hydrogens is 347 g/mol. The lowest BCUT2D eigenvalue weighted by molar-refractivity contribution is -0.0216. The van der Waals surface area contributed by atoms with Crippen molar-refractivity contribution in [3.63, 3.8) is 0 Å². The lowest BCUT2D eigenvalue weighted by Gasteiger charge is -2.40. The van der Waals surface area contributed by atoms with Crippen LogP contribution in [-0.2, 0) is 6.42 Å². The molecule has 0 spiro atoms. The molecule has 2 heterocycles. The van der Waals surface area contributed by atoms with Crippen LogP contribution in [0.4, 0.5) is 4.39 Å². The number of benzene rings is 2. The Morgan fingerprint density at radius 1 is 1.08 bits per heavy atom. The largest absolute Gasteiger partial charge is 0.379 e. The number of aliphatic hydroxyl groups excluding tert-OH is 1. The van der Waals surface area contributed by atoms with Crippen LogP contribution in [0, 0.1) is 12.7 Å². The number of aryl methyl sites for hydroxylation is 1. The minimum atomic E-state index is -0.407. The Morgan fingerprint density at radius 3 is 2.54 bits per heavy atom. The number of nitrogens with zero attached hydrogens (tertiary/aromatic N) is 2. The summed E-state index contributed by atoms with van der Waals surface area (Å²) in [5.41, 5.74) is 3.70. The van der Waals surface area contributed by atoms with Gasteiger partial charge >= 0.3 is 0 Å². The molecule has 1 fully saturated rings. The van der Waals surface area contributed by atoms with Crippen molar-refractivity contribution in [1.82, 2.24) is 9.80 Å². The maximum atomic E-state index is 14.1. The van der Waals surface area contributed by atoms with E-state index in [1.807, 2.05) is 13.0 Å². The van der Waals surface area contributed by atoms with Crippen molar-refractivity contribution in [3.8, 4) is 0 Å². The first kappa shape index (κ1) is 18.0. The van der Waals surface area contributed by atoms with Crippen molar-refractivity contribution in [3.05, 3.63) is 58.9 Å². The first-order chi connectivity index (χ1) is 12.5. The molecule has 4 rings (SSSR count). The van der Waals surface area contributed by atoms with Crippen LogP contribution in [-0.4, -0.2) is 47.3 Å². The molecular formula is C21H25FN2OS. The van der Waals surface area contributed by atoms with Crippen LogP contribution in [0.2, 0.25) is 0 Å². The third-order valence-corrected chi connectivity index (χ3v) is 6.71. The van der Waals surface area contributed by atoms with E-state index in [1.165, 1.54) is 16.0 Å². The molecule has 1 N–H and O–H groups in total. The van der Waals surface area contributed by atoms with E-state index >= 15 is 0 Å². The molecule has 0 aromatic heterocycles. The van der Waals surface area contributed by atoms with Crippen molar-refractivity contribution in [2.45, 2.75) is 42.3 Å². The van der Waals surface area contributed by atoms with Gasteiger partial charge in [-0.15, -0.1) is 0 Å². The van der Waals surface area contributed by atoms with E-state index in [2.05, 4.69) is 34.9 Å². The second-order valence-corrected chi connectivity index (χ2v) is 8.40. The zero-order chi connectivity index (χ0) is 18.3. The van der Waals surface area contributed by atoms with Gasteiger partial charge in [0.1, 0.15) is 12.0 Å². The van der Waals surface area contributed by atoms with Gasteiger partial charge < -0.3 is 5.11 Å². The quantitative estimate of drug-likeness (QED) is 0.867. The summed E-state index contributed by atoms with van der Waals surface area (Å²) in [6.45, 7) is 7.40. The SMILES string of the molecule is Cc1ccc2c(c1)CC(N1CCN(C(C)O)CC1)c1cc(F)ccc1S2. The molecule has 0 bridgehead atoms. The molecule has 2 unspecified atom stereocenters. The highest BCUT2D eigenvalue weighted by atomic mass is 32.2. The molecule has 1 saturated heterocycles. The van der Waals surface area contributed by atoms with Crippen LogP contribution in [0.15, 0.2) is 46.2 Å². The van der Waals surface area contributed by atoms with Gasteiger partial charge in [0.05, 0.1) is 0 Å². The van der Waals surface area contributed by atoms with E-state index in [0.717, 1.165) is 43.1 Å². The zero-order valence-electron chi connectivity index (χ0n) is 15.3. The average Bonchev–Trinajstić information content (AvgIpc) is 2.78. The normalized spacial score (nSPS) is 22.4. The third kappa shape index (κ3) is 3.54. The number of piperazine rings is 1. The summed E-state index contributed by atoms with van der Waals surface area (Å²) in [7, 11) is 0. The van der Waals surface area contributed by atoms with Gasteiger partial charge in [0.2, 0.25) is 0 Å². The molecule has 2 aliphatic rings. The van der Waals surface area contributed by atoms with E-state index in [0.29, 0.717) is 0 Å². The molecule has 0 radical (unpaired) electrons. The van der Waals surface area contributed by atoms with Gasteiger partial charge in [-0.3, -0.25) is 9.80 Å². The van der Waals surface area contributed by atoms with Crippen LogP contribution >= 0.6 is 11.8 Å². The van der Waals surface area contributed by atoms with Gasteiger partial charge in [0.25, 0.3) is 0 Å². The summed E-state index contributed by atoms with van der Waals surface area (Å²) in [4.78, 5) is 6.97. The van der Waals surface area contributed by atoms with Crippen molar-refractivity contribution in [2.24, 2.45) is 0 Å². The van der Waals surface area contributed by atoms with E-state index in [4.69, 9.17) is 0 Å². The van der Waals surface area contributed by atoms with Gasteiger partial charge in [0, 0.05) is 42.0 Å². The monoisotopic (exact) mass is 372 g/mol. The molecule has 2 aromatic carbocycles. The van der Waals surface area contributed by atoms with Gasteiger partial charge in [-0.1, -0.05) is 29.5 Å². The lowest BCUT2D eigenvalue weighted by atomic mass is 9.95. The summed E-state index contributed by atoms with van der Waals surface area (Å²) in [5.74, 6) is -0.167. The lowest BCUT2D eigenvalue weighted by Crippen LogP contribution is -2.50. The highest BCUT2D eigenvalue weighted by Crippen LogP contribution is 2.43. The number of halogens is 1. The fourth-order valence-electron chi connectivity index (χ4n) is 4.03. The predicted molar refractivity (Wildman–Crippen MR) is 103 cm³/mol. The van der Waals surface area contributed by atoms with Gasteiger partial charge in [-0.25, -0.2) is 4.39 Å². The Bertz CT molecular complexity index is 803. The Balaban J connectivity index is 1.69. The summed E-state index contributed by atoms with van der Waals surface area (Å²) in [6.07, 6.45) is 0.491. The van der Waals surface area contributed by atoms with Crippen molar-refractivity contribution < 1.29 is 9.50 Å². The number of aliphatic hydroxyl groups is 1. The van der Waals surface area contributed by atoms with Crippen LogP contribution in [0.1, 0.15) is 29.7 Å². The highest BCUT2D eigenvalue weighted by molar-refractivity contribution is 7.99. The number of rotatable bonds is 2. The van der Waals surface area contributed by atoms with Gasteiger partial charge in [-0.05, 0) is 55.7 Å². The maximum absolute atomic E-state index is 14.1. The minimum absolute atomic E-state index is 0.167. The Labute approximate surface area is 158 Å². The summed E-state index contributed by atoms with van der Waals surface area (Å²) in [5, 5.41) is 9.83. The van der Waals surface area contributed by atoms with E-state index in [1.54, 1.807) is 23.9 Å². The Hall–Kier alpha value is -1.40. The van der Waals surface area contributed by atoms with Gasteiger partial charge in [-0.2, -0.15) is 0 Å². The van der Waals surface area contributed by atoms with Gasteiger partial charge in [0.15, 0.2) is 0 Å². The van der Waals surface area contributed by atoms with Crippen LogP contribution in [0.25, 0.3) is 0 Å². The predicted octanol–water partition coefficient (Wildman–Crippen LogP) is 3.84. The molecule has 138 valence electrons. The number of fused-ring (bicyclic) bond motifs is 2. The summed E-state index contributed by atoms with van der Waals surface area (Å²) in [6, 6.07) is 12.0. The van der Waals surface area contributed by atoms with E-state index in [-0.39, 0.29) is 11.9 Å². The Morgan fingerprint density at radius 2 is 1.81 bits per heavy atom. The van der Waals surface area contributed by atoms with E-state index in [9.17, 15) is 9.50 Å². The molecule has 0 saturated carbocycles. The maximum Gasteiger partial charge on any atom is 0.123 e. The highest BCUT2D eigenvalue weighted by Gasteiger charge is 2.31. The fraction of sp³-hybridized carbons (Fsp3) is 0.429. The average molecular weight is 373 g/mol. The third-order valence-electron chi connectivity index (χ3n) is 5.50. The summed E-state index contributed by atoms with van der Waals surface area (Å²) >= 11 is 1.75. The second kappa shape index (κ2) is 7.31. The Kier molecular flexibility index (Phi) is 5.06. The molecule has 3 nitrogen and oxygen atoms in total. The molecule has 0 aliphatic carbocycles. The van der Waals surface area contributed by atoms with Crippen LogP contribution in [0.5, 0.6) is 0 Å². The topological polar surface area (TPSA) is 26.7 Å². The zero-order valence-corrected chi connectivity index (χ0v) is 16.1. The smallest absolute Gasteiger partial charge is 0.123 e. The standard InChI is InChI=1S/C21H25FN2OS/c1-14-3-5-20-16(11-14)12-19(18-13-17(22)4-6-21(18)26-20)24-9-7-23(8-10-24)15(2)25/h3-6,11,13,15,19,25H,7-10,12H2,1-2H3. The number of hydrogen-bond acceptors (Lipinski definition) is 4. The summed E-state index contributed by atoms with van der Waals surface area (Å²) < 4.78 is 14.1. The van der Waals surface area contributed by atoms with Crippen molar-refractivity contribution >= 4 is 11.8 Å². The molecule has 2 aromatic rings. The van der Waals surface area contributed by atoms with Crippen molar-refractivity contribution in [1.29, 1.82) is 0 Å². The van der Waals surface area contributed by atoms with Crippen molar-refractivity contribution in [2.75, 3.05) is 26.2 Å². The first-order valence-electron chi connectivity index (χ1n) is 9.24. The molecule has 26 heavy (non-hydrogen) atoms. The first-order valence-corrected chi connectivity index (χ1v) is 10.1. The minimum Gasteiger partial charge on any atom is -0.379 e. The number of hydrogen-bond donors (Lipinski definition) is 1. The fourth-order valence-corrected chi connectivity index (χ4v) is 5.12. The van der Waals surface area contributed by atoms with Crippen LogP contribution in [0.3, 0.4) is 0 Å². The van der Waals surface area contributed by atoms with E-state index < -0.39 is 6.23 Å². The molecule has 2 aliphatic heterocycles. The molecule has 0 amide bonds.